The van der Waals surface area contributed by atoms with E-state index in [1.165, 1.54) is 0 Å². The van der Waals surface area contributed by atoms with Crippen LogP contribution in [0.2, 0.25) is 0 Å². The molecule has 3 aromatic rings. The van der Waals surface area contributed by atoms with Crippen LogP contribution in [0.3, 0.4) is 0 Å². The van der Waals surface area contributed by atoms with Gasteiger partial charge in [0.2, 0.25) is 0 Å². The highest BCUT2D eigenvalue weighted by Gasteiger charge is 2.32. The number of aliphatic hydroxyl groups excluding tert-OH is 1. The van der Waals surface area contributed by atoms with Crippen molar-refractivity contribution < 1.29 is 14.7 Å². The molecule has 208 valence electrons. The van der Waals surface area contributed by atoms with Crippen molar-refractivity contribution in [1.82, 2.24) is 19.6 Å². The number of hydrogen-bond donors (Lipinski definition) is 2. The van der Waals surface area contributed by atoms with Crippen LogP contribution >= 0.6 is 0 Å². The van der Waals surface area contributed by atoms with Crippen LogP contribution in [0.4, 0.5) is 5.69 Å². The Hall–Kier alpha value is -3.65. The van der Waals surface area contributed by atoms with Crippen molar-refractivity contribution in [1.29, 1.82) is 0 Å². The summed E-state index contributed by atoms with van der Waals surface area (Å²) >= 11 is 0. The zero-order valence-electron chi connectivity index (χ0n) is 23.6. The molecule has 2 amide bonds. The standard InChI is InChI=1S/C31H41N5O3/c1-5-7-15-34(16-8-6-2)31(39)28-17-22(3)36(33-28)29-14-13-25(32-4)19-27(29)30(38)35-20-24-12-10-9-11-23(24)18-26(35)21-37/h9-14,17,19,26,32,37H,5-8,15-16,18,20-21H2,1-4H3/t26-/m0/s1. The molecule has 8 heteroatoms. The van der Waals surface area contributed by atoms with Crippen molar-refractivity contribution in [3.05, 3.63) is 76.6 Å². The van der Waals surface area contributed by atoms with Crippen molar-refractivity contribution in [3.8, 4) is 5.69 Å². The van der Waals surface area contributed by atoms with Gasteiger partial charge < -0.3 is 20.2 Å². The second-order valence-corrected chi connectivity index (χ2v) is 10.3. The number of anilines is 1. The molecule has 2 aromatic carbocycles. The molecule has 0 spiro atoms. The molecule has 0 radical (unpaired) electrons. The molecule has 0 saturated carbocycles. The molecule has 0 bridgehead atoms. The smallest absolute Gasteiger partial charge is 0.274 e. The molecular formula is C31H41N5O3. The Morgan fingerprint density at radius 2 is 1.74 bits per heavy atom. The Kier molecular flexibility index (Phi) is 9.41. The fourth-order valence-corrected chi connectivity index (χ4v) is 5.19. The highest BCUT2D eigenvalue weighted by molar-refractivity contribution is 5.99. The molecule has 2 N–H and O–H groups in total. The number of aliphatic hydroxyl groups is 1. The number of benzene rings is 2. The van der Waals surface area contributed by atoms with Crippen LogP contribution < -0.4 is 5.32 Å². The molecule has 1 aliphatic rings. The lowest BCUT2D eigenvalue weighted by molar-refractivity contribution is 0.0544. The minimum absolute atomic E-state index is 0.0774. The number of rotatable bonds is 11. The van der Waals surface area contributed by atoms with Crippen LogP contribution in [0.25, 0.3) is 5.69 Å². The fourth-order valence-electron chi connectivity index (χ4n) is 5.19. The van der Waals surface area contributed by atoms with Crippen LogP contribution in [0.1, 0.15) is 77.2 Å². The number of unbranched alkanes of at least 4 members (excludes halogenated alkanes) is 2. The van der Waals surface area contributed by atoms with Gasteiger partial charge in [-0.25, -0.2) is 4.68 Å². The van der Waals surface area contributed by atoms with Crippen molar-refractivity contribution in [2.45, 2.75) is 65.5 Å². The summed E-state index contributed by atoms with van der Waals surface area (Å²) in [4.78, 5) is 31.2. The molecule has 4 rings (SSSR count). The Morgan fingerprint density at radius 3 is 2.38 bits per heavy atom. The minimum atomic E-state index is -0.319. The predicted molar refractivity (Wildman–Crippen MR) is 154 cm³/mol. The second-order valence-electron chi connectivity index (χ2n) is 10.3. The predicted octanol–water partition coefficient (Wildman–Crippen LogP) is 4.82. The Balaban J connectivity index is 1.70. The summed E-state index contributed by atoms with van der Waals surface area (Å²) in [5, 5.41) is 18.0. The quantitative estimate of drug-likeness (QED) is 0.370. The van der Waals surface area contributed by atoms with E-state index in [1.807, 2.05) is 55.3 Å². The van der Waals surface area contributed by atoms with E-state index in [4.69, 9.17) is 5.10 Å². The Morgan fingerprint density at radius 1 is 1.05 bits per heavy atom. The van der Waals surface area contributed by atoms with E-state index in [9.17, 15) is 14.7 Å². The topological polar surface area (TPSA) is 90.7 Å². The summed E-state index contributed by atoms with van der Waals surface area (Å²) in [5.41, 5.74) is 5.29. The zero-order valence-corrected chi connectivity index (χ0v) is 23.6. The van der Waals surface area contributed by atoms with Gasteiger partial charge in [0.05, 0.1) is 23.9 Å². The van der Waals surface area contributed by atoms with E-state index in [0.29, 0.717) is 43.0 Å². The van der Waals surface area contributed by atoms with Gasteiger partial charge in [0.25, 0.3) is 11.8 Å². The van der Waals surface area contributed by atoms with Crippen molar-refractivity contribution in [3.63, 3.8) is 0 Å². The molecule has 0 aliphatic carbocycles. The van der Waals surface area contributed by atoms with Gasteiger partial charge in [-0.3, -0.25) is 9.59 Å². The monoisotopic (exact) mass is 531 g/mol. The summed E-state index contributed by atoms with van der Waals surface area (Å²) in [5.74, 6) is -0.252. The minimum Gasteiger partial charge on any atom is -0.394 e. The lowest BCUT2D eigenvalue weighted by Gasteiger charge is -2.36. The van der Waals surface area contributed by atoms with E-state index in [-0.39, 0.29) is 24.5 Å². The van der Waals surface area contributed by atoms with Gasteiger partial charge in [0.1, 0.15) is 0 Å². The third-order valence-electron chi connectivity index (χ3n) is 7.53. The number of aromatic nitrogens is 2. The van der Waals surface area contributed by atoms with Crippen LogP contribution in [0, 0.1) is 6.92 Å². The van der Waals surface area contributed by atoms with E-state index in [1.54, 1.807) is 15.6 Å². The van der Waals surface area contributed by atoms with E-state index in [0.717, 1.165) is 48.2 Å². The normalized spacial score (nSPS) is 14.7. The summed E-state index contributed by atoms with van der Waals surface area (Å²) in [6.45, 7) is 7.87. The first-order valence-electron chi connectivity index (χ1n) is 14.1. The largest absolute Gasteiger partial charge is 0.394 e. The zero-order chi connectivity index (χ0) is 27.9. The van der Waals surface area contributed by atoms with Crippen LogP contribution in [0.15, 0.2) is 48.5 Å². The van der Waals surface area contributed by atoms with E-state index >= 15 is 0 Å². The molecule has 0 unspecified atom stereocenters. The number of aryl methyl sites for hydroxylation is 1. The number of hydrogen-bond acceptors (Lipinski definition) is 5. The average Bonchev–Trinajstić information content (AvgIpc) is 3.36. The number of fused-ring (bicyclic) bond motifs is 1. The van der Waals surface area contributed by atoms with Gasteiger partial charge >= 0.3 is 0 Å². The Labute approximate surface area is 231 Å². The summed E-state index contributed by atoms with van der Waals surface area (Å²) < 4.78 is 1.70. The molecule has 0 fully saturated rings. The maximum Gasteiger partial charge on any atom is 0.274 e. The summed E-state index contributed by atoms with van der Waals surface area (Å²) in [6, 6.07) is 15.1. The fraction of sp³-hybridized carbons (Fsp3) is 0.452. The Bertz CT molecular complexity index is 1290. The molecule has 39 heavy (non-hydrogen) atoms. The van der Waals surface area contributed by atoms with Gasteiger partial charge in [-0.05, 0) is 61.6 Å². The van der Waals surface area contributed by atoms with E-state index < -0.39 is 0 Å². The van der Waals surface area contributed by atoms with Crippen molar-refractivity contribution in [2.24, 2.45) is 0 Å². The average molecular weight is 532 g/mol. The molecule has 1 atom stereocenters. The van der Waals surface area contributed by atoms with Gasteiger partial charge in [0.15, 0.2) is 5.69 Å². The molecule has 0 saturated heterocycles. The highest BCUT2D eigenvalue weighted by Crippen LogP contribution is 2.28. The molecule has 1 aromatic heterocycles. The maximum atomic E-state index is 14.1. The lowest BCUT2D eigenvalue weighted by Crippen LogP contribution is -2.46. The number of nitrogens with one attached hydrogen (secondary N) is 1. The highest BCUT2D eigenvalue weighted by atomic mass is 16.3. The number of nitrogens with zero attached hydrogens (tertiary/aromatic N) is 4. The van der Waals surface area contributed by atoms with Gasteiger partial charge in [0, 0.05) is 38.1 Å². The lowest BCUT2D eigenvalue weighted by atomic mass is 9.93. The molecule has 2 heterocycles. The van der Waals surface area contributed by atoms with Gasteiger partial charge in [-0.1, -0.05) is 51.0 Å². The second kappa shape index (κ2) is 12.9. The van der Waals surface area contributed by atoms with E-state index in [2.05, 4.69) is 25.2 Å². The molecule has 1 aliphatic heterocycles. The first-order valence-corrected chi connectivity index (χ1v) is 14.1. The SMILES string of the molecule is CCCCN(CCCC)C(=O)c1cc(C)n(-c2ccc(NC)cc2C(=O)N2Cc3ccccc3C[C@H]2CO)n1. The summed E-state index contributed by atoms with van der Waals surface area (Å²) in [6.07, 6.45) is 4.53. The van der Waals surface area contributed by atoms with Crippen LogP contribution in [-0.2, 0) is 13.0 Å². The van der Waals surface area contributed by atoms with Gasteiger partial charge in [-0.2, -0.15) is 5.10 Å². The van der Waals surface area contributed by atoms with Crippen molar-refractivity contribution in [2.75, 3.05) is 32.1 Å². The molecule has 8 nitrogen and oxygen atoms in total. The third-order valence-corrected chi connectivity index (χ3v) is 7.53. The number of carbonyl (C=O) groups excluding carboxylic acids is 2. The molecular weight excluding hydrogens is 490 g/mol. The first-order chi connectivity index (χ1) is 18.9. The third kappa shape index (κ3) is 6.17. The van der Waals surface area contributed by atoms with Crippen molar-refractivity contribution >= 4 is 17.5 Å². The summed E-state index contributed by atoms with van der Waals surface area (Å²) in [7, 11) is 1.81. The number of carbonyl (C=O) groups is 2. The van der Waals surface area contributed by atoms with Crippen LogP contribution in [0.5, 0.6) is 0 Å². The van der Waals surface area contributed by atoms with Gasteiger partial charge in [-0.15, -0.1) is 0 Å². The maximum absolute atomic E-state index is 14.1. The first kappa shape index (κ1) is 28.4. The number of amides is 2. The van der Waals surface area contributed by atoms with Crippen LogP contribution in [-0.4, -0.2) is 69.3 Å².